The number of pyridine rings is 1. The smallest absolute Gasteiger partial charge is 0.354 e. The third-order valence-corrected chi connectivity index (χ3v) is 5.38. The zero-order valence-corrected chi connectivity index (χ0v) is 17.0. The molecule has 3 rings (SSSR count). The Kier molecular flexibility index (Phi) is 6.55. The monoisotopic (exact) mass is 446 g/mol. The lowest BCUT2D eigenvalue weighted by molar-refractivity contribution is -0.137. The highest BCUT2D eigenvalue weighted by atomic mass is 35.5. The molecule has 0 aliphatic carbocycles. The minimum atomic E-state index is -4.40. The Morgan fingerprint density at radius 3 is 2.38 bits per heavy atom. The highest BCUT2D eigenvalue weighted by Gasteiger charge is 2.31. The summed E-state index contributed by atoms with van der Waals surface area (Å²) in [5.41, 5.74) is -0.286. The Bertz CT molecular complexity index is 869. The average molecular weight is 447 g/mol. The molecular formula is C19H19Cl2F3N4O. The highest BCUT2D eigenvalue weighted by Crippen LogP contribution is 2.29. The van der Waals surface area contributed by atoms with E-state index < -0.39 is 17.8 Å². The van der Waals surface area contributed by atoms with Crippen molar-refractivity contribution in [1.82, 2.24) is 9.88 Å². The number of hydrogen-bond donors (Lipinski definition) is 1. The van der Waals surface area contributed by atoms with E-state index in [1.54, 1.807) is 25.1 Å². The van der Waals surface area contributed by atoms with Gasteiger partial charge in [-0.1, -0.05) is 23.2 Å². The van der Waals surface area contributed by atoms with Crippen LogP contribution in [0.2, 0.25) is 10.0 Å². The molecule has 5 nitrogen and oxygen atoms in total. The largest absolute Gasteiger partial charge is 0.417 e. The van der Waals surface area contributed by atoms with Crippen LogP contribution in [-0.4, -0.2) is 48.0 Å². The van der Waals surface area contributed by atoms with Crippen LogP contribution in [0, 0.1) is 0 Å². The second kappa shape index (κ2) is 8.77. The number of anilines is 2. The molecule has 2 heterocycles. The number of aromatic nitrogens is 1. The number of nitrogens with one attached hydrogen (secondary N) is 1. The molecule has 2 aromatic rings. The van der Waals surface area contributed by atoms with Crippen molar-refractivity contribution in [3.8, 4) is 0 Å². The van der Waals surface area contributed by atoms with E-state index in [1.165, 1.54) is 6.07 Å². The summed E-state index contributed by atoms with van der Waals surface area (Å²) in [5.74, 6) is 0.290. The Labute approximate surface area is 176 Å². The van der Waals surface area contributed by atoms with Gasteiger partial charge < -0.3 is 10.2 Å². The molecule has 1 aliphatic rings. The van der Waals surface area contributed by atoms with E-state index in [0.717, 1.165) is 12.3 Å². The van der Waals surface area contributed by atoms with E-state index in [-0.39, 0.29) is 5.91 Å². The van der Waals surface area contributed by atoms with Gasteiger partial charge in [0.2, 0.25) is 5.91 Å². The molecule has 0 unspecified atom stereocenters. The first kappa shape index (κ1) is 21.7. The SMILES string of the molecule is C[C@@H](C(=O)Nc1ccc(Cl)cc1Cl)N1CCN(c2ccc(C(F)(F)F)cn2)CC1. The van der Waals surface area contributed by atoms with Crippen LogP contribution >= 0.6 is 23.2 Å². The maximum atomic E-state index is 12.7. The first-order valence-electron chi connectivity index (χ1n) is 8.93. The summed E-state index contributed by atoms with van der Waals surface area (Å²) in [4.78, 5) is 20.4. The van der Waals surface area contributed by atoms with Crippen molar-refractivity contribution in [2.45, 2.75) is 19.1 Å². The van der Waals surface area contributed by atoms with Crippen molar-refractivity contribution < 1.29 is 18.0 Å². The molecule has 0 spiro atoms. The summed E-state index contributed by atoms with van der Waals surface area (Å²) in [6, 6.07) is 6.84. The maximum absolute atomic E-state index is 12.7. The van der Waals surface area contributed by atoms with Gasteiger partial charge in [0.15, 0.2) is 0 Å². The first-order valence-corrected chi connectivity index (χ1v) is 9.69. The summed E-state index contributed by atoms with van der Waals surface area (Å²) >= 11 is 12.0. The van der Waals surface area contributed by atoms with Crippen molar-refractivity contribution in [3.05, 3.63) is 52.1 Å². The average Bonchev–Trinajstić information content (AvgIpc) is 2.69. The number of rotatable bonds is 4. The van der Waals surface area contributed by atoms with E-state index in [1.807, 2.05) is 9.80 Å². The fourth-order valence-electron chi connectivity index (χ4n) is 3.07. The zero-order chi connectivity index (χ0) is 21.2. The molecule has 156 valence electrons. The van der Waals surface area contributed by atoms with E-state index in [9.17, 15) is 18.0 Å². The van der Waals surface area contributed by atoms with Gasteiger partial charge in [-0.3, -0.25) is 9.69 Å². The van der Waals surface area contributed by atoms with Crippen LogP contribution in [0.1, 0.15) is 12.5 Å². The van der Waals surface area contributed by atoms with Gasteiger partial charge >= 0.3 is 6.18 Å². The normalized spacial score (nSPS) is 16.6. The number of carbonyl (C=O) groups excluding carboxylic acids is 1. The van der Waals surface area contributed by atoms with Gasteiger partial charge in [0.1, 0.15) is 5.82 Å². The predicted molar refractivity (Wildman–Crippen MR) is 108 cm³/mol. The number of amides is 1. The summed E-state index contributed by atoms with van der Waals surface area (Å²) in [5, 5.41) is 3.63. The number of halogens is 5. The number of benzene rings is 1. The summed E-state index contributed by atoms with van der Waals surface area (Å²) in [6.07, 6.45) is -3.56. The second-order valence-electron chi connectivity index (χ2n) is 6.72. The summed E-state index contributed by atoms with van der Waals surface area (Å²) in [7, 11) is 0. The highest BCUT2D eigenvalue weighted by molar-refractivity contribution is 6.36. The lowest BCUT2D eigenvalue weighted by Gasteiger charge is -2.38. The molecule has 1 amide bonds. The van der Waals surface area contributed by atoms with Crippen LogP contribution in [0.4, 0.5) is 24.7 Å². The van der Waals surface area contributed by atoms with Gasteiger partial charge in [-0.15, -0.1) is 0 Å². The van der Waals surface area contributed by atoms with Crippen LogP contribution in [-0.2, 0) is 11.0 Å². The molecule has 29 heavy (non-hydrogen) atoms. The second-order valence-corrected chi connectivity index (χ2v) is 7.56. The van der Waals surface area contributed by atoms with Crippen molar-refractivity contribution in [2.24, 2.45) is 0 Å². The first-order chi connectivity index (χ1) is 13.6. The predicted octanol–water partition coefficient (Wildman–Crippen LogP) is 4.56. The van der Waals surface area contributed by atoms with Crippen LogP contribution in [0.25, 0.3) is 0 Å². The molecule has 10 heteroatoms. The van der Waals surface area contributed by atoms with Crippen molar-refractivity contribution in [1.29, 1.82) is 0 Å². The Hall–Kier alpha value is -2.03. The molecule has 0 radical (unpaired) electrons. The van der Waals surface area contributed by atoms with Gasteiger partial charge in [-0.2, -0.15) is 13.2 Å². The number of carbonyl (C=O) groups is 1. The van der Waals surface area contributed by atoms with E-state index in [2.05, 4.69) is 10.3 Å². The zero-order valence-electron chi connectivity index (χ0n) is 15.5. The Balaban J connectivity index is 1.56. The molecule has 1 aliphatic heterocycles. The quantitative estimate of drug-likeness (QED) is 0.747. The molecule has 1 atom stereocenters. The van der Waals surface area contributed by atoms with Crippen LogP contribution in [0.3, 0.4) is 0 Å². The maximum Gasteiger partial charge on any atom is 0.417 e. The van der Waals surface area contributed by atoms with Gasteiger partial charge in [0, 0.05) is 37.4 Å². The summed E-state index contributed by atoms with van der Waals surface area (Å²) < 4.78 is 38.0. The van der Waals surface area contributed by atoms with Crippen LogP contribution < -0.4 is 10.2 Å². The lowest BCUT2D eigenvalue weighted by Crippen LogP contribution is -2.53. The fraction of sp³-hybridized carbons (Fsp3) is 0.368. The van der Waals surface area contributed by atoms with Crippen molar-refractivity contribution >= 4 is 40.6 Å². The van der Waals surface area contributed by atoms with E-state index in [4.69, 9.17) is 23.2 Å². The Morgan fingerprint density at radius 2 is 1.83 bits per heavy atom. The molecule has 1 aromatic heterocycles. The molecule has 0 bridgehead atoms. The molecule has 1 aromatic carbocycles. The molecule has 0 saturated carbocycles. The number of piperazine rings is 1. The standard InChI is InChI=1S/C19H19Cl2F3N4O/c1-12(18(29)26-16-4-3-14(20)10-15(16)21)27-6-8-28(9-7-27)17-5-2-13(11-25-17)19(22,23)24/h2-5,10-12H,6-9H2,1H3,(H,26,29)/t12-/m0/s1. The van der Waals surface area contributed by atoms with Gasteiger partial charge in [-0.05, 0) is 37.3 Å². The number of hydrogen-bond acceptors (Lipinski definition) is 4. The third-order valence-electron chi connectivity index (χ3n) is 4.83. The van der Waals surface area contributed by atoms with Gasteiger partial charge in [0.05, 0.1) is 22.3 Å². The minimum Gasteiger partial charge on any atom is -0.354 e. The van der Waals surface area contributed by atoms with Crippen LogP contribution in [0.15, 0.2) is 36.5 Å². The van der Waals surface area contributed by atoms with Crippen molar-refractivity contribution in [3.63, 3.8) is 0 Å². The summed E-state index contributed by atoms with van der Waals surface area (Å²) in [6.45, 7) is 4.05. The van der Waals surface area contributed by atoms with Crippen LogP contribution in [0.5, 0.6) is 0 Å². The third kappa shape index (κ3) is 5.32. The topological polar surface area (TPSA) is 48.5 Å². The van der Waals surface area contributed by atoms with E-state index in [0.29, 0.717) is 47.7 Å². The van der Waals surface area contributed by atoms with Gasteiger partial charge in [-0.25, -0.2) is 4.98 Å². The molecule has 1 saturated heterocycles. The van der Waals surface area contributed by atoms with Crippen molar-refractivity contribution in [2.75, 3.05) is 36.4 Å². The number of alkyl halides is 3. The Morgan fingerprint density at radius 1 is 1.14 bits per heavy atom. The lowest BCUT2D eigenvalue weighted by atomic mass is 10.2. The molecular weight excluding hydrogens is 428 g/mol. The molecule has 1 fully saturated rings. The minimum absolute atomic E-state index is 0.199. The number of nitrogens with zero attached hydrogens (tertiary/aromatic N) is 3. The van der Waals surface area contributed by atoms with E-state index >= 15 is 0 Å². The fourth-order valence-corrected chi connectivity index (χ4v) is 3.53. The van der Waals surface area contributed by atoms with Gasteiger partial charge in [0.25, 0.3) is 0 Å². The molecule has 1 N–H and O–H groups in total.